The smallest absolute Gasteiger partial charge is 0.198 e. The minimum Gasteiger partial charge on any atom is -0.389 e. The van der Waals surface area contributed by atoms with Crippen LogP contribution in [0.1, 0.15) is 101 Å². The molecule has 5 heterocycles. The lowest BCUT2D eigenvalue weighted by Crippen LogP contribution is -2.43. The Hall–Kier alpha value is -3.09. The fourth-order valence-corrected chi connectivity index (χ4v) is 7.60. The molecule has 226 valence electrons. The summed E-state index contributed by atoms with van der Waals surface area (Å²) < 4.78 is 20.6. The highest BCUT2D eigenvalue weighted by Crippen LogP contribution is 2.50. The Labute approximate surface area is 254 Å². The molecule has 0 saturated carbocycles. The Bertz CT molecular complexity index is 1370. The predicted molar refractivity (Wildman–Crippen MR) is 170 cm³/mol. The average molecular weight is 593 g/mol. The van der Waals surface area contributed by atoms with E-state index in [9.17, 15) is 9.65 Å². The van der Waals surface area contributed by atoms with Crippen LogP contribution in [0.3, 0.4) is 0 Å². The van der Waals surface area contributed by atoms with Crippen molar-refractivity contribution in [2.45, 2.75) is 91.1 Å². The number of fused-ring (bicyclic) bond motifs is 3. The Balaban J connectivity index is 0.000000342. The van der Waals surface area contributed by atoms with Gasteiger partial charge in [0.2, 0.25) is 0 Å². The van der Waals surface area contributed by atoms with Crippen molar-refractivity contribution in [3.63, 3.8) is 0 Å². The highest BCUT2D eigenvalue weighted by atomic mass is 32.1. The van der Waals surface area contributed by atoms with Crippen molar-refractivity contribution < 1.29 is 9.13 Å². The largest absolute Gasteiger partial charge is 0.389 e. The third-order valence-corrected chi connectivity index (χ3v) is 10.00. The van der Waals surface area contributed by atoms with E-state index in [0.29, 0.717) is 40.1 Å². The zero-order chi connectivity index (χ0) is 29.8. The molecule has 3 atom stereocenters. The number of rotatable bonds is 7. The number of nitrogens with one attached hydrogen (secondary N) is 2. The van der Waals surface area contributed by atoms with Crippen LogP contribution < -0.4 is 16.4 Å². The van der Waals surface area contributed by atoms with Crippen molar-refractivity contribution in [1.29, 1.82) is 5.26 Å². The molecule has 9 heteroatoms. The second-order valence-corrected chi connectivity index (χ2v) is 13.1. The number of nitriles is 1. The van der Waals surface area contributed by atoms with E-state index < -0.39 is 5.83 Å². The van der Waals surface area contributed by atoms with Gasteiger partial charge in [-0.3, -0.25) is 0 Å². The number of hydrogen-bond donors (Lipinski definition) is 3. The minimum absolute atomic E-state index is 0.143. The molecular weight excluding hydrogens is 547 g/mol. The number of aliphatic imine (C=N–C) groups is 1. The second-order valence-electron chi connectivity index (χ2n) is 12.0. The average Bonchev–Trinajstić information content (AvgIpc) is 3.73. The van der Waals surface area contributed by atoms with Crippen molar-refractivity contribution in [1.82, 2.24) is 15.5 Å². The van der Waals surface area contributed by atoms with E-state index in [0.717, 1.165) is 64.7 Å². The molecular formula is C33H45FN6OS. The third-order valence-electron chi connectivity index (χ3n) is 8.95. The van der Waals surface area contributed by atoms with Gasteiger partial charge < -0.3 is 26.0 Å². The van der Waals surface area contributed by atoms with Gasteiger partial charge in [-0.1, -0.05) is 65.7 Å². The summed E-state index contributed by atoms with van der Waals surface area (Å²) in [4.78, 5) is 7.87. The molecule has 42 heavy (non-hydrogen) atoms. The molecule has 7 nitrogen and oxygen atoms in total. The standard InChI is InChI=1S/C24H25FN6OS.C9H20/c1-11-3-4-31(8-11)24-29-6-14-15-9-32-10-16(15)18(12(2)20(14)30-24)21-19-13(5-26)23(27)33-22(19)17(25)7-28-21;1-3-5-7-9-8-6-4-2/h6-7,11,20-21,28H,3-4,8-10,27H2,1-2H3,(H,29,30);3-9H2,1-2H3. The number of likely N-dealkylation sites (tertiary alicyclic amines) is 1. The monoisotopic (exact) mass is 592 g/mol. The van der Waals surface area contributed by atoms with Crippen LogP contribution >= 0.6 is 11.3 Å². The van der Waals surface area contributed by atoms with Crippen molar-refractivity contribution in [3.8, 4) is 6.07 Å². The van der Waals surface area contributed by atoms with E-state index in [1.54, 1.807) is 0 Å². The lowest BCUT2D eigenvalue weighted by molar-refractivity contribution is 0.205. The van der Waals surface area contributed by atoms with Crippen LogP contribution in [-0.2, 0) is 4.74 Å². The van der Waals surface area contributed by atoms with Gasteiger partial charge in [0.15, 0.2) is 11.8 Å². The van der Waals surface area contributed by atoms with Gasteiger partial charge in [0.05, 0.1) is 29.7 Å². The number of ether oxygens (including phenoxy) is 1. The molecule has 1 saturated heterocycles. The number of unbranched alkanes of at least 4 members (excludes halogenated alkanes) is 6. The number of nitrogens with two attached hydrogens (primary N) is 1. The maximum Gasteiger partial charge on any atom is 0.198 e. The highest BCUT2D eigenvalue weighted by Gasteiger charge is 2.42. The lowest BCUT2D eigenvalue weighted by atomic mass is 9.76. The number of hydrogen-bond acceptors (Lipinski definition) is 8. The molecule has 0 radical (unpaired) electrons. The number of nitrogen functional groups attached to an aromatic ring is 1. The van der Waals surface area contributed by atoms with Gasteiger partial charge in [0.25, 0.3) is 0 Å². The van der Waals surface area contributed by atoms with Crippen molar-refractivity contribution in [2.75, 3.05) is 32.0 Å². The maximum atomic E-state index is 14.7. The van der Waals surface area contributed by atoms with E-state index in [2.05, 4.69) is 55.5 Å². The number of guanidine groups is 1. The Kier molecular flexibility index (Phi) is 9.74. The van der Waals surface area contributed by atoms with Gasteiger partial charge in [-0.15, -0.1) is 11.3 Å². The summed E-state index contributed by atoms with van der Waals surface area (Å²) in [5, 5.41) is 16.8. The van der Waals surface area contributed by atoms with Crippen LogP contribution in [0.4, 0.5) is 9.39 Å². The SMILES string of the molecule is CC1=C(C2NC=C(F)c3sc(N)c(C#N)c32)C2=C(COC2)C2=CNC(N3CCC(C)C3)=NC21.CCCCCCCCC. The molecule has 1 aliphatic carbocycles. The van der Waals surface area contributed by atoms with E-state index >= 15 is 0 Å². The summed E-state index contributed by atoms with van der Waals surface area (Å²) >= 11 is 1.13. The Morgan fingerprint density at radius 1 is 1.14 bits per heavy atom. The van der Waals surface area contributed by atoms with E-state index in [4.69, 9.17) is 15.5 Å². The fourth-order valence-electron chi connectivity index (χ4n) is 6.64. The first-order chi connectivity index (χ1) is 20.4. The fraction of sp³-hybridized carbons (Fsp3) is 0.576. The second kappa shape index (κ2) is 13.5. The summed E-state index contributed by atoms with van der Waals surface area (Å²) in [5.74, 6) is 1.16. The zero-order valence-electron chi connectivity index (χ0n) is 25.5. The first-order valence-corrected chi connectivity index (χ1v) is 16.5. The van der Waals surface area contributed by atoms with Gasteiger partial charge in [-0.2, -0.15) is 5.26 Å². The molecule has 0 aromatic carbocycles. The molecule has 0 amide bonds. The molecule has 1 aromatic rings. The van der Waals surface area contributed by atoms with Gasteiger partial charge in [-0.05, 0) is 41.6 Å². The highest BCUT2D eigenvalue weighted by molar-refractivity contribution is 7.17. The Morgan fingerprint density at radius 2 is 1.86 bits per heavy atom. The Morgan fingerprint density at radius 3 is 2.52 bits per heavy atom. The normalized spacial score (nSPS) is 24.3. The summed E-state index contributed by atoms with van der Waals surface area (Å²) in [6.45, 7) is 11.9. The molecule has 4 N–H and O–H groups in total. The predicted octanol–water partition coefficient (Wildman–Crippen LogP) is 7.08. The number of anilines is 1. The molecule has 1 fully saturated rings. The van der Waals surface area contributed by atoms with Crippen LogP contribution in [0.15, 0.2) is 45.3 Å². The van der Waals surface area contributed by atoms with Crippen LogP contribution in [0.2, 0.25) is 0 Å². The van der Waals surface area contributed by atoms with Crippen molar-refractivity contribution in [3.05, 3.63) is 56.3 Å². The molecule has 5 aliphatic rings. The molecule has 0 bridgehead atoms. The van der Waals surface area contributed by atoms with Crippen LogP contribution in [0.25, 0.3) is 5.83 Å². The molecule has 4 aliphatic heterocycles. The van der Waals surface area contributed by atoms with Crippen LogP contribution in [0.5, 0.6) is 0 Å². The molecule has 0 spiro atoms. The third kappa shape index (κ3) is 5.89. The van der Waals surface area contributed by atoms with Gasteiger partial charge in [-0.25, -0.2) is 9.38 Å². The summed E-state index contributed by atoms with van der Waals surface area (Å²) in [7, 11) is 0. The number of thiophene rings is 1. The lowest BCUT2D eigenvalue weighted by Gasteiger charge is -2.36. The molecule has 3 unspecified atom stereocenters. The van der Waals surface area contributed by atoms with Crippen LogP contribution in [0, 0.1) is 17.2 Å². The number of halogens is 1. The van der Waals surface area contributed by atoms with E-state index in [1.807, 2.05) is 0 Å². The van der Waals surface area contributed by atoms with Gasteiger partial charge in [0, 0.05) is 36.6 Å². The van der Waals surface area contributed by atoms with E-state index in [1.165, 1.54) is 51.1 Å². The maximum absolute atomic E-state index is 14.7. The topological polar surface area (TPSA) is 98.7 Å². The first-order valence-electron chi connectivity index (χ1n) is 15.6. The van der Waals surface area contributed by atoms with E-state index in [-0.39, 0.29) is 12.1 Å². The molecule has 6 rings (SSSR count). The summed E-state index contributed by atoms with van der Waals surface area (Å²) in [6.07, 6.45) is 14.6. The number of nitrogens with zero attached hydrogens (tertiary/aromatic N) is 3. The van der Waals surface area contributed by atoms with Gasteiger partial charge in [0.1, 0.15) is 17.1 Å². The molecule has 1 aromatic heterocycles. The quantitative estimate of drug-likeness (QED) is 0.293. The summed E-state index contributed by atoms with van der Waals surface area (Å²) in [6, 6.07) is 1.68. The summed E-state index contributed by atoms with van der Waals surface area (Å²) in [5.41, 5.74) is 12.5. The minimum atomic E-state index is -0.392. The van der Waals surface area contributed by atoms with Crippen molar-refractivity contribution >= 4 is 28.1 Å². The first kappa shape index (κ1) is 30.4. The van der Waals surface area contributed by atoms with Gasteiger partial charge >= 0.3 is 0 Å². The van der Waals surface area contributed by atoms with Crippen molar-refractivity contribution in [2.24, 2.45) is 10.9 Å². The zero-order valence-corrected chi connectivity index (χ0v) is 26.3. The van der Waals surface area contributed by atoms with Crippen LogP contribution in [-0.4, -0.2) is 43.2 Å².